The summed E-state index contributed by atoms with van der Waals surface area (Å²) >= 11 is 11.7. The molecule has 1 heterocycles. The van der Waals surface area contributed by atoms with Crippen LogP contribution in [-0.2, 0) is 0 Å². The lowest BCUT2D eigenvalue weighted by Gasteiger charge is -2.12. The number of rotatable bonds is 4. The second-order valence-corrected chi connectivity index (χ2v) is 4.47. The predicted molar refractivity (Wildman–Crippen MR) is 65.2 cm³/mol. The summed E-state index contributed by atoms with van der Waals surface area (Å²) in [5.41, 5.74) is 7.77. The zero-order valence-corrected chi connectivity index (χ0v) is 10.1. The molecule has 4 heteroatoms. The Labute approximate surface area is 100 Å². The number of nitrogens with zero attached hydrogens (tertiary/aromatic N) is 1. The van der Waals surface area contributed by atoms with E-state index in [0.717, 1.165) is 18.4 Å². The number of halogens is 2. The Bertz CT molecular complexity index is 364. The molecule has 2 nitrogen and oxygen atoms in total. The largest absolute Gasteiger partial charge is 0.323 e. The van der Waals surface area contributed by atoms with Crippen LogP contribution in [0, 0.1) is 0 Å². The van der Waals surface area contributed by atoms with Gasteiger partial charge in [0.1, 0.15) is 0 Å². The second kappa shape index (κ2) is 5.50. The molecule has 82 valence electrons. The summed E-state index contributed by atoms with van der Waals surface area (Å²) in [6, 6.07) is 1.50. The minimum atomic E-state index is -0.161. The van der Waals surface area contributed by atoms with Crippen molar-refractivity contribution in [2.75, 3.05) is 0 Å². The van der Waals surface area contributed by atoms with Crippen LogP contribution < -0.4 is 5.73 Å². The number of allylic oxidation sites excluding steroid dienone is 1. The van der Waals surface area contributed by atoms with Crippen molar-refractivity contribution in [3.63, 3.8) is 0 Å². The van der Waals surface area contributed by atoms with Crippen molar-refractivity contribution in [2.24, 2.45) is 5.73 Å². The summed E-state index contributed by atoms with van der Waals surface area (Å²) in [6.07, 6.45) is 3.23. The third-order valence-corrected chi connectivity index (χ3v) is 2.58. The molecule has 15 heavy (non-hydrogen) atoms. The molecule has 1 atom stereocenters. The Morgan fingerprint density at radius 2 is 2.27 bits per heavy atom. The average Bonchev–Trinajstić information content (AvgIpc) is 2.14. The highest BCUT2D eigenvalue weighted by molar-refractivity contribution is 6.34. The molecule has 0 aromatic carbocycles. The first kappa shape index (κ1) is 12.5. The lowest BCUT2D eigenvalue weighted by Crippen LogP contribution is -2.12. The van der Waals surface area contributed by atoms with E-state index in [1.165, 1.54) is 0 Å². The molecule has 1 rings (SSSR count). The van der Waals surface area contributed by atoms with Gasteiger partial charge in [0.25, 0.3) is 0 Å². The molecule has 2 N–H and O–H groups in total. The van der Waals surface area contributed by atoms with Crippen molar-refractivity contribution in [2.45, 2.75) is 25.8 Å². The summed E-state index contributed by atoms with van der Waals surface area (Å²) in [5.74, 6) is 0. The second-order valence-electron chi connectivity index (χ2n) is 3.62. The van der Waals surface area contributed by atoms with Crippen LogP contribution in [0.3, 0.4) is 0 Å². The van der Waals surface area contributed by atoms with E-state index in [1.54, 1.807) is 12.3 Å². The number of aromatic nitrogens is 1. The molecule has 0 aliphatic rings. The van der Waals surface area contributed by atoms with E-state index in [9.17, 15) is 0 Å². The molecular weight excluding hydrogens is 231 g/mol. The van der Waals surface area contributed by atoms with E-state index >= 15 is 0 Å². The van der Waals surface area contributed by atoms with Crippen molar-refractivity contribution in [1.82, 2.24) is 4.98 Å². The van der Waals surface area contributed by atoms with Gasteiger partial charge in [-0.2, -0.15) is 0 Å². The Kier molecular flexibility index (Phi) is 4.58. The predicted octanol–water partition coefficient (Wildman–Crippen LogP) is 3.74. The van der Waals surface area contributed by atoms with Crippen LogP contribution in [0.15, 0.2) is 24.4 Å². The zero-order valence-electron chi connectivity index (χ0n) is 8.63. The fraction of sp³-hybridized carbons (Fsp3) is 0.364. The van der Waals surface area contributed by atoms with Gasteiger partial charge in [0.05, 0.1) is 15.7 Å². The quantitative estimate of drug-likeness (QED) is 0.820. The summed E-state index contributed by atoms with van der Waals surface area (Å²) in [6.45, 7) is 5.80. The van der Waals surface area contributed by atoms with Crippen LogP contribution >= 0.6 is 23.2 Å². The smallest absolute Gasteiger partial charge is 0.0758 e. The normalized spacial score (nSPS) is 12.5. The standard InChI is InChI=1S/C11H14Cl2N2/c1-7(2)3-4-10(14)11-9(13)5-8(12)6-15-11/h5-6,10H,1,3-4,14H2,2H3. The highest BCUT2D eigenvalue weighted by Crippen LogP contribution is 2.25. The molecule has 0 aliphatic heterocycles. The molecular formula is C11H14Cl2N2. The molecule has 0 saturated heterocycles. The Hall–Kier alpha value is -0.570. The summed E-state index contributed by atoms with van der Waals surface area (Å²) in [5, 5.41) is 1.05. The van der Waals surface area contributed by atoms with Crippen molar-refractivity contribution in [3.05, 3.63) is 40.2 Å². The van der Waals surface area contributed by atoms with Gasteiger partial charge in [-0.1, -0.05) is 28.8 Å². The van der Waals surface area contributed by atoms with E-state index in [0.29, 0.717) is 15.7 Å². The van der Waals surface area contributed by atoms with E-state index < -0.39 is 0 Å². The van der Waals surface area contributed by atoms with E-state index in [1.807, 2.05) is 6.92 Å². The van der Waals surface area contributed by atoms with Crippen LogP contribution in [0.25, 0.3) is 0 Å². The van der Waals surface area contributed by atoms with Gasteiger partial charge in [0.15, 0.2) is 0 Å². The van der Waals surface area contributed by atoms with Crippen LogP contribution in [0.5, 0.6) is 0 Å². The zero-order chi connectivity index (χ0) is 11.4. The van der Waals surface area contributed by atoms with Crippen molar-refractivity contribution >= 4 is 23.2 Å². The van der Waals surface area contributed by atoms with Crippen LogP contribution in [0.2, 0.25) is 10.0 Å². The number of hydrogen-bond acceptors (Lipinski definition) is 2. The molecule has 1 aromatic rings. The summed E-state index contributed by atoms with van der Waals surface area (Å²) in [7, 11) is 0. The van der Waals surface area contributed by atoms with Crippen molar-refractivity contribution < 1.29 is 0 Å². The van der Waals surface area contributed by atoms with Crippen molar-refractivity contribution in [3.8, 4) is 0 Å². The lowest BCUT2D eigenvalue weighted by molar-refractivity contribution is 0.632. The average molecular weight is 245 g/mol. The van der Waals surface area contributed by atoms with Crippen LogP contribution in [-0.4, -0.2) is 4.98 Å². The molecule has 0 spiro atoms. The highest BCUT2D eigenvalue weighted by Gasteiger charge is 2.11. The first-order valence-electron chi connectivity index (χ1n) is 4.71. The van der Waals surface area contributed by atoms with E-state index in [-0.39, 0.29) is 6.04 Å². The number of nitrogens with two attached hydrogens (primary N) is 1. The Morgan fingerprint density at radius 1 is 1.60 bits per heavy atom. The maximum atomic E-state index is 5.99. The van der Waals surface area contributed by atoms with Crippen molar-refractivity contribution in [1.29, 1.82) is 0 Å². The van der Waals surface area contributed by atoms with Gasteiger partial charge < -0.3 is 5.73 Å². The summed E-state index contributed by atoms with van der Waals surface area (Å²) in [4.78, 5) is 4.14. The molecule has 0 amide bonds. The summed E-state index contributed by atoms with van der Waals surface area (Å²) < 4.78 is 0. The Morgan fingerprint density at radius 3 is 2.80 bits per heavy atom. The van der Waals surface area contributed by atoms with Gasteiger partial charge in [-0.15, -0.1) is 6.58 Å². The topological polar surface area (TPSA) is 38.9 Å². The fourth-order valence-electron chi connectivity index (χ4n) is 1.24. The van der Waals surface area contributed by atoms with Gasteiger partial charge in [0.2, 0.25) is 0 Å². The fourth-order valence-corrected chi connectivity index (χ4v) is 1.76. The van der Waals surface area contributed by atoms with Gasteiger partial charge in [-0.3, -0.25) is 4.98 Å². The number of pyridine rings is 1. The third-order valence-electron chi connectivity index (χ3n) is 2.07. The maximum absolute atomic E-state index is 5.99. The first-order chi connectivity index (χ1) is 7.00. The third kappa shape index (κ3) is 3.82. The molecule has 1 unspecified atom stereocenters. The lowest BCUT2D eigenvalue weighted by atomic mass is 10.1. The SMILES string of the molecule is C=C(C)CCC(N)c1ncc(Cl)cc1Cl. The molecule has 1 aromatic heterocycles. The van der Waals surface area contributed by atoms with Crippen LogP contribution in [0.4, 0.5) is 0 Å². The van der Waals surface area contributed by atoms with Gasteiger partial charge >= 0.3 is 0 Å². The van der Waals surface area contributed by atoms with Crippen LogP contribution in [0.1, 0.15) is 31.5 Å². The highest BCUT2D eigenvalue weighted by atomic mass is 35.5. The van der Waals surface area contributed by atoms with E-state index in [2.05, 4.69) is 11.6 Å². The molecule has 0 radical (unpaired) electrons. The molecule has 0 fully saturated rings. The minimum Gasteiger partial charge on any atom is -0.323 e. The number of hydrogen-bond donors (Lipinski definition) is 1. The molecule has 0 bridgehead atoms. The monoisotopic (exact) mass is 244 g/mol. The Balaban J connectivity index is 2.73. The van der Waals surface area contributed by atoms with Gasteiger partial charge in [-0.25, -0.2) is 0 Å². The van der Waals surface area contributed by atoms with E-state index in [4.69, 9.17) is 28.9 Å². The maximum Gasteiger partial charge on any atom is 0.0758 e. The minimum absolute atomic E-state index is 0.161. The molecule has 0 saturated carbocycles. The van der Waals surface area contributed by atoms with Gasteiger partial charge in [0, 0.05) is 12.2 Å². The first-order valence-corrected chi connectivity index (χ1v) is 5.47. The molecule has 0 aliphatic carbocycles. The van der Waals surface area contributed by atoms with Gasteiger partial charge in [-0.05, 0) is 25.8 Å².